The first-order valence-electron chi connectivity index (χ1n) is 4.74. The standard InChI is InChI=1S/C9H8F2N2O5S/c1-5(14)12-7-3-2-6(13(15)16)4-8(7)19(17,18)9(10)11/h2-4,9H,1H3,(H,12,14). The van der Waals surface area contributed by atoms with E-state index in [1.807, 2.05) is 5.32 Å². The number of sulfone groups is 1. The molecule has 1 aromatic carbocycles. The maximum atomic E-state index is 12.5. The Morgan fingerprint density at radius 3 is 2.42 bits per heavy atom. The Labute approximate surface area is 106 Å². The van der Waals surface area contributed by atoms with Crippen LogP contribution in [-0.4, -0.2) is 25.0 Å². The molecule has 0 aliphatic rings. The van der Waals surface area contributed by atoms with Crippen molar-refractivity contribution in [2.24, 2.45) is 0 Å². The number of carbonyl (C=O) groups excluding carboxylic acids is 1. The molecule has 10 heteroatoms. The normalized spacial score (nSPS) is 11.4. The monoisotopic (exact) mass is 294 g/mol. The maximum absolute atomic E-state index is 12.5. The average molecular weight is 294 g/mol. The summed E-state index contributed by atoms with van der Waals surface area (Å²) in [5, 5.41) is 12.5. The van der Waals surface area contributed by atoms with Crippen LogP contribution in [0.4, 0.5) is 20.2 Å². The Morgan fingerprint density at radius 2 is 2.00 bits per heavy atom. The number of benzene rings is 1. The van der Waals surface area contributed by atoms with Crippen LogP contribution < -0.4 is 5.32 Å². The summed E-state index contributed by atoms with van der Waals surface area (Å²) in [7, 11) is -5.06. The molecule has 19 heavy (non-hydrogen) atoms. The Morgan fingerprint density at radius 1 is 1.42 bits per heavy atom. The number of amides is 1. The number of hydrogen-bond acceptors (Lipinski definition) is 5. The highest BCUT2D eigenvalue weighted by Gasteiger charge is 2.31. The molecule has 0 aliphatic heterocycles. The lowest BCUT2D eigenvalue weighted by Crippen LogP contribution is -2.16. The van der Waals surface area contributed by atoms with Crippen molar-refractivity contribution in [3.8, 4) is 0 Å². The summed E-state index contributed by atoms with van der Waals surface area (Å²) in [5.41, 5.74) is -1.10. The zero-order valence-electron chi connectivity index (χ0n) is 9.46. The van der Waals surface area contributed by atoms with E-state index >= 15 is 0 Å². The van der Waals surface area contributed by atoms with Crippen molar-refractivity contribution in [2.45, 2.75) is 17.6 Å². The van der Waals surface area contributed by atoms with Crippen LogP contribution in [0.5, 0.6) is 0 Å². The molecule has 0 aliphatic carbocycles. The molecule has 1 N–H and O–H groups in total. The van der Waals surface area contributed by atoms with Crippen molar-refractivity contribution >= 4 is 27.1 Å². The number of alkyl halides is 2. The molecule has 0 unspecified atom stereocenters. The highest BCUT2D eigenvalue weighted by Crippen LogP contribution is 2.30. The topological polar surface area (TPSA) is 106 Å². The fourth-order valence-electron chi connectivity index (χ4n) is 1.25. The van der Waals surface area contributed by atoms with Crippen LogP contribution in [-0.2, 0) is 14.6 Å². The van der Waals surface area contributed by atoms with E-state index < -0.39 is 42.7 Å². The summed E-state index contributed by atoms with van der Waals surface area (Å²) >= 11 is 0. The zero-order valence-corrected chi connectivity index (χ0v) is 10.3. The van der Waals surface area contributed by atoms with E-state index in [2.05, 4.69) is 0 Å². The maximum Gasteiger partial charge on any atom is 0.341 e. The molecule has 0 atom stereocenters. The Hall–Kier alpha value is -2.10. The number of hydrogen-bond donors (Lipinski definition) is 1. The number of rotatable bonds is 4. The second-order valence-corrected chi connectivity index (χ2v) is 5.31. The van der Waals surface area contributed by atoms with Crippen molar-refractivity contribution in [3.63, 3.8) is 0 Å². The molecule has 0 bridgehead atoms. The van der Waals surface area contributed by atoms with Gasteiger partial charge in [0.2, 0.25) is 15.7 Å². The minimum absolute atomic E-state index is 0.432. The van der Waals surface area contributed by atoms with Crippen LogP contribution in [0.1, 0.15) is 6.92 Å². The van der Waals surface area contributed by atoms with Crippen molar-refractivity contribution in [2.75, 3.05) is 5.32 Å². The molecule has 0 aromatic heterocycles. The lowest BCUT2D eigenvalue weighted by atomic mass is 10.3. The number of halogens is 2. The predicted octanol–water partition coefficient (Wildman–Crippen LogP) is 1.55. The first kappa shape index (κ1) is 15.0. The summed E-state index contributed by atoms with van der Waals surface area (Å²) in [6, 6.07) is 2.26. The molecule has 1 aromatic rings. The predicted molar refractivity (Wildman–Crippen MR) is 60.6 cm³/mol. The fourth-order valence-corrected chi connectivity index (χ4v) is 2.15. The summed E-state index contributed by atoms with van der Waals surface area (Å²) in [5.74, 6) is -4.44. The molecule has 0 spiro atoms. The number of carbonyl (C=O) groups is 1. The van der Waals surface area contributed by atoms with Gasteiger partial charge < -0.3 is 5.32 Å². The number of nitro groups is 1. The van der Waals surface area contributed by atoms with Gasteiger partial charge in [-0.1, -0.05) is 0 Å². The van der Waals surface area contributed by atoms with Crippen LogP contribution in [0.25, 0.3) is 0 Å². The van der Waals surface area contributed by atoms with Gasteiger partial charge in [-0.25, -0.2) is 8.42 Å². The zero-order chi connectivity index (χ0) is 14.8. The van der Waals surface area contributed by atoms with Crippen molar-refractivity contribution in [1.82, 2.24) is 0 Å². The number of non-ortho nitro benzene ring substituents is 1. The molecular formula is C9H8F2N2O5S. The van der Waals surface area contributed by atoms with Gasteiger partial charge in [-0.05, 0) is 6.07 Å². The van der Waals surface area contributed by atoms with E-state index in [-0.39, 0.29) is 0 Å². The molecule has 0 saturated heterocycles. The van der Waals surface area contributed by atoms with Gasteiger partial charge in [0.25, 0.3) is 5.69 Å². The van der Waals surface area contributed by atoms with Gasteiger partial charge in [0.1, 0.15) is 4.90 Å². The second-order valence-electron chi connectivity index (χ2n) is 3.42. The quantitative estimate of drug-likeness (QED) is 0.669. The lowest BCUT2D eigenvalue weighted by Gasteiger charge is -2.09. The van der Waals surface area contributed by atoms with Crippen molar-refractivity contribution in [3.05, 3.63) is 28.3 Å². The number of nitrogens with zero attached hydrogens (tertiary/aromatic N) is 1. The fraction of sp³-hybridized carbons (Fsp3) is 0.222. The van der Waals surface area contributed by atoms with Crippen molar-refractivity contribution in [1.29, 1.82) is 0 Å². The van der Waals surface area contributed by atoms with E-state index in [9.17, 15) is 32.1 Å². The summed E-state index contributed by atoms with van der Waals surface area (Å²) < 4.78 is 47.7. The summed E-state index contributed by atoms with van der Waals surface area (Å²) in [6.07, 6.45) is 0. The van der Waals surface area contributed by atoms with E-state index in [0.29, 0.717) is 6.07 Å². The van der Waals surface area contributed by atoms with Crippen molar-refractivity contribution < 1.29 is 26.9 Å². The Kier molecular flexibility index (Phi) is 4.14. The third-order valence-electron chi connectivity index (χ3n) is 2.03. The third-order valence-corrected chi connectivity index (χ3v) is 3.45. The number of anilines is 1. The Balaban J connectivity index is 3.51. The molecular weight excluding hydrogens is 286 g/mol. The van der Waals surface area contributed by atoms with Gasteiger partial charge in [0.15, 0.2) is 0 Å². The molecule has 1 rings (SSSR count). The van der Waals surface area contributed by atoms with E-state index in [0.717, 1.165) is 19.1 Å². The van der Waals surface area contributed by atoms with Gasteiger partial charge in [0, 0.05) is 19.1 Å². The smallest absolute Gasteiger partial charge is 0.325 e. The van der Waals surface area contributed by atoms with E-state index in [4.69, 9.17) is 0 Å². The average Bonchev–Trinajstić information content (AvgIpc) is 2.27. The van der Waals surface area contributed by atoms with E-state index in [1.54, 1.807) is 0 Å². The van der Waals surface area contributed by atoms with Crippen LogP contribution in [0.2, 0.25) is 0 Å². The van der Waals surface area contributed by atoms with Gasteiger partial charge >= 0.3 is 5.76 Å². The molecule has 0 radical (unpaired) electrons. The van der Waals surface area contributed by atoms with Gasteiger partial charge in [-0.15, -0.1) is 0 Å². The number of nitro benzene ring substituents is 1. The molecule has 104 valence electrons. The molecule has 1 amide bonds. The first-order valence-corrected chi connectivity index (χ1v) is 6.29. The summed E-state index contributed by atoms with van der Waals surface area (Å²) in [6.45, 7) is 1.04. The number of nitrogens with one attached hydrogen (secondary N) is 1. The highest BCUT2D eigenvalue weighted by atomic mass is 32.2. The van der Waals surface area contributed by atoms with Gasteiger partial charge in [-0.2, -0.15) is 8.78 Å². The molecule has 7 nitrogen and oxygen atoms in total. The molecule has 0 fully saturated rings. The van der Waals surface area contributed by atoms with Crippen LogP contribution in [0, 0.1) is 10.1 Å². The first-order chi connectivity index (χ1) is 8.66. The largest absolute Gasteiger partial charge is 0.341 e. The minimum Gasteiger partial charge on any atom is -0.325 e. The lowest BCUT2D eigenvalue weighted by molar-refractivity contribution is -0.385. The van der Waals surface area contributed by atoms with E-state index in [1.165, 1.54) is 0 Å². The highest BCUT2D eigenvalue weighted by molar-refractivity contribution is 7.91. The summed E-state index contributed by atoms with van der Waals surface area (Å²) in [4.78, 5) is 19.5. The Bertz CT molecular complexity index is 629. The molecule has 0 saturated carbocycles. The minimum atomic E-state index is -5.06. The van der Waals surface area contributed by atoms with Gasteiger partial charge in [0.05, 0.1) is 10.6 Å². The second kappa shape index (κ2) is 5.26. The van der Waals surface area contributed by atoms with Gasteiger partial charge in [-0.3, -0.25) is 14.9 Å². The third kappa shape index (κ3) is 3.22. The van der Waals surface area contributed by atoms with Crippen LogP contribution in [0.3, 0.4) is 0 Å². The van der Waals surface area contributed by atoms with Crippen LogP contribution in [0.15, 0.2) is 23.1 Å². The SMILES string of the molecule is CC(=O)Nc1ccc([N+](=O)[O-])cc1S(=O)(=O)C(F)F. The molecule has 0 heterocycles. The van der Waals surface area contributed by atoms with Crippen LogP contribution >= 0.6 is 0 Å².